The molecule has 1 aliphatic heterocycles. The predicted octanol–water partition coefficient (Wildman–Crippen LogP) is 0.294. The molecule has 3 N–H and O–H groups in total. The van der Waals surface area contributed by atoms with E-state index < -0.39 is 0 Å². The van der Waals surface area contributed by atoms with Crippen molar-refractivity contribution in [3.05, 3.63) is 29.6 Å². The lowest BCUT2D eigenvalue weighted by atomic mass is 10.2. The van der Waals surface area contributed by atoms with Crippen LogP contribution in [0.2, 0.25) is 0 Å². The van der Waals surface area contributed by atoms with Gasteiger partial charge in [0.05, 0.1) is 18.4 Å². The first kappa shape index (κ1) is 13.9. The molecule has 0 saturated carbocycles. The Morgan fingerprint density at radius 2 is 2.37 bits per heavy atom. The summed E-state index contributed by atoms with van der Waals surface area (Å²) < 4.78 is 5.59. The average Bonchev–Trinajstić information content (AvgIpc) is 2.42. The Labute approximate surface area is 112 Å². The minimum atomic E-state index is -0.370. The highest BCUT2D eigenvalue weighted by Gasteiger charge is 2.23. The molecule has 1 amide bonds. The third-order valence-electron chi connectivity index (χ3n) is 3.27. The van der Waals surface area contributed by atoms with E-state index in [4.69, 9.17) is 10.6 Å². The number of aromatic nitrogens is 1. The van der Waals surface area contributed by atoms with Crippen LogP contribution in [-0.2, 0) is 11.3 Å². The molecule has 0 spiro atoms. The van der Waals surface area contributed by atoms with Crippen molar-refractivity contribution in [3.8, 4) is 0 Å². The normalized spacial score (nSPS) is 24.2. The minimum Gasteiger partial charge on any atom is -0.376 e. The van der Waals surface area contributed by atoms with Gasteiger partial charge in [-0.2, -0.15) is 0 Å². The van der Waals surface area contributed by atoms with Crippen LogP contribution in [0.25, 0.3) is 0 Å². The standard InChI is InChI=1S/C13H20N4O2/c1-9-8-19-10(2)6-17(9)7-11-4-3-5-12(15-11)13(18)16-14/h3-5,9-10H,6-8,14H2,1-2H3,(H,16,18). The van der Waals surface area contributed by atoms with E-state index in [1.165, 1.54) is 0 Å². The second-order valence-corrected chi connectivity index (χ2v) is 4.91. The number of nitrogens with one attached hydrogen (secondary N) is 1. The molecular formula is C13H20N4O2. The van der Waals surface area contributed by atoms with Crippen molar-refractivity contribution in [1.29, 1.82) is 0 Å². The summed E-state index contributed by atoms with van der Waals surface area (Å²) in [5, 5.41) is 0. The van der Waals surface area contributed by atoms with Gasteiger partial charge >= 0.3 is 0 Å². The van der Waals surface area contributed by atoms with Gasteiger partial charge < -0.3 is 4.74 Å². The molecule has 0 bridgehead atoms. The van der Waals surface area contributed by atoms with Gasteiger partial charge in [0, 0.05) is 19.1 Å². The number of carbonyl (C=O) groups is 1. The Balaban J connectivity index is 2.08. The molecule has 2 atom stereocenters. The van der Waals surface area contributed by atoms with Crippen LogP contribution in [0.5, 0.6) is 0 Å². The summed E-state index contributed by atoms with van der Waals surface area (Å²) in [7, 11) is 0. The molecular weight excluding hydrogens is 244 g/mol. The van der Waals surface area contributed by atoms with Crippen LogP contribution in [0.4, 0.5) is 0 Å². The molecule has 2 unspecified atom stereocenters. The maximum Gasteiger partial charge on any atom is 0.283 e. The highest BCUT2D eigenvalue weighted by atomic mass is 16.5. The van der Waals surface area contributed by atoms with Crippen LogP contribution in [0.3, 0.4) is 0 Å². The third-order valence-corrected chi connectivity index (χ3v) is 3.27. The lowest BCUT2D eigenvalue weighted by Crippen LogP contribution is -2.46. The number of hydrazine groups is 1. The smallest absolute Gasteiger partial charge is 0.283 e. The Morgan fingerprint density at radius 1 is 1.58 bits per heavy atom. The number of rotatable bonds is 3. The highest BCUT2D eigenvalue weighted by Crippen LogP contribution is 2.14. The molecule has 1 aromatic rings. The van der Waals surface area contributed by atoms with Crippen molar-refractivity contribution in [1.82, 2.24) is 15.3 Å². The zero-order chi connectivity index (χ0) is 13.8. The monoisotopic (exact) mass is 264 g/mol. The fourth-order valence-corrected chi connectivity index (χ4v) is 2.17. The van der Waals surface area contributed by atoms with Gasteiger partial charge in [-0.3, -0.25) is 15.1 Å². The fraction of sp³-hybridized carbons (Fsp3) is 0.538. The van der Waals surface area contributed by atoms with Crippen LogP contribution in [0.15, 0.2) is 18.2 Å². The SMILES string of the molecule is CC1CN(Cc2cccc(C(=O)NN)n2)C(C)CO1. The molecule has 1 saturated heterocycles. The van der Waals surface area contributed by atoms with Gasteiger partial charge in [0.2, 0.25) is 0 Å². The number of hydrogen-bond acceptors (Lipinski definition) is 5. The van der Waals surface area contributed by atoms with E-state index >= 15 is 0 Å². The summed E-state index contributed by atoms with van der Waals surface area (Å²) in [6.07, 6.45) is 0.228. The Hall–Kier alpha value is -1.50. The van der Waals surface area contributed by atoms with Crippen molar-refractivity contribution in [2.24, 2.45) is 5.84 Å². The van der Waals surface area contributed by atoms with Crippen molar-refractivity contribution in [2.45, 2.75) is 32.5 Å². The number of carbonyl (C=O) groups excluding carboxylic acids is 1. The fourth-order valence-electron chi connectivity index (χ4n) is 2.17. The maximum atomic E-state index is 11.4. The van der Waals surface area contributed by atoms with Crippen LogP contribution in [0.1, 0.15) is 30.0 Å². The Morgan fingerprint density at radius 3 is 3.11 bits per heavy atom. The topological polar surface area (TPSA) is 80.5 Å². The number of nitrogen functional groups attached to an aromatic ring is 1. The molecule has 2 heterocycles. The summed E-state index contributed by atoms with van der Waals surface area (Å²) in [6, 6.07) is 5.74. The molecule has 6 heteroatoms. The zero-order valence-corrected chi connectivity index (χ0v) is 11.3. The number of nitrogens with two attached hydrogens (primary N) is 1. The molecule has 0 radical (unpaired) electrons. The molecule has 1 aliphatic rings. The Bertz CT molecular complexity index is 452. The van der Waals surface area contributed by atoms with Gasteiger partial charge in [0.1, 0.15) is 5.69 Å². The highest BCUT2D eigenvalue weighted by molar-refractivity contribution is 5.91. The molecule has 0 aromatic carbocycles. The van der Waals surface area contributed by atoms with Crippen LogP contribution in [-0.4, -0.2) is 41.1 Å². The van der Waals surface area contributed by atoms with E-state index in [-0.39, 0.29) is 12.0 Å². The molecule has 19 heavy (non-hydrogen) atoms. The number of amides is 1. The predicted molar refractivity (Wildman–Crippen MR) is 71.2 cm³/mol. The summed E-state index contributed by atoms with van der Waals surface area (Å²) in [5.41, 5.74) is 3.30. The van der Waals surface area contributed by atoms with E-state index in [0.717, 1.165) is 18.8 Å². The largest absolute Gasteiger partial charge is 0.376 e. The van der Waals surface area contributed by atoms with E-state index in [0.29, 0.717) is 18.3 Å². The lowest BCUT2D eigenvalue weighted by Gasteiger charge is -2.36. The quantitative estimate of drug-likeness (QED) is 0.466. The van der Waals surface area contributed by atoms with E-state index in [1.807, 2.05) is 12.1 Å². The summed E-state index contributed by atoms with van der Waals surface area (Å²) in [6.45, 7) is 6.49. The number of hydrogen-bond donors (Lipinski definition) is 2. The first-order valence-electron chi connectivity index (χ1n) is 6.42. The molecule has 6 nitrogen and oxygen atoms in total. The van der Waals surface area contributed by atoms with Gasteiger partial charge in [-0.15, -0.1) is 0 Å². The molecule has 1 fully saturated rings. The van der Waals surface area contributed by atoms with Gasteiger partial charge in [-0.25, -0.2) is 10.8 Å². The van der Waals surface area contributed by atoms with Crippen molar-refractivity contribution in [3.63, 3.8) is 0 Å². The maximum absolute atomic E-state index is 11.4. The average molecular weight is 264 g/mol. The lowest BCUT2D eigenvalue weighted by molar-refractivity contribution is -0.0530. The molecule has 104 valence electrons. The first-order chi connectivity index (χ1) is 9.10. The number of ether oxygens (including phenoxy) is 1. The van der Waals surface area contributed by atoms with Gasteiger partial charge in [-0.05, 0) is 26.0 Å². The molecule has 2 rings (SSSR count). The first-order valence-corrected chi connectivity index (χ1v) is 6.42. The van der Waals surface area contributed by atoms with E-state index in [9.17, 15) is 4.79 Å². The summed E-state index contributed by atoms with van der Waals surface area (Å²) in [4.78, 5) is 18.1. The van der Waals surface area contributed by atoms with Crippen molar-refractivity contribution < 1.29 is 9.53 Å². The number of nitrogens with zero attached hydrogens (tertiary/aromatic N) is 2. The van der Waals surface area contributed by atoms with Gasteiger partial charge in [0.15, 0.2) is 0 Å². The molecule has 0 aliphatic carbocycles. The second kappa shape index (κ2) is 6.10. The number of pyridine rings is 1. The van der Waals surface area contributed by atoms with Crippen LogP contribution in [0, 0.1) is 0 Å². The number of morpholine rings is 1. The summed E-state index contributed by atoms with van der Waals surface area (Å²) >= 11 is 0. The zero-order valence-electron chi connectivity index (χ0n) is 11.3. The summed E-state index contributed by atoms with van der Waals surface area (Å²) in [5.74, 6) is 4.74. The van der Waals surface area contributed by atoms with Crippen LogP contribution < -0.4 is 11.3 Å². The van der Waals surface area contributed by atoms with Crippen molar-refractivity contribution in [2.75, 3.05) is 13.2 Å². The van der Waals surface area contributed by atoms with E-state index in [2.05, 4.69) is 29.2 Å². The van der Waals surface area contributed by atoms with Gasteiger partial charge in [0.25, 0.3) is 5.91 Å². The van der Waals surface area contributed by atoms with Gasteiger partial charge in [-0.1, -0.05) is 6.07 Å². The van der Waals surface area contributed by atoms with Crippen LogP contribution >= 0.6 is 0 Å². The Kier molecular flexibility index (Phi) is 4.47. The second-order valence-electron chi connectivity index (χ2n) is 4.91. The molecule has 1 aromatic heterocycles. The van der Waals surface area contributed by atoms with Crippen molar-refractivity contribution >= 4 is 5.91 Å². The minimum absolute atomic E-state index is 0.228. The van der Waals surface area contributed by atoms with E-state index in [1.54, 1.807) is 6.07 Å². The third kappa shape index (κ3) is 3.50.